The van der Waals surface area contributed by atoms with Crippen LogP contribution in [0.4, 0.5) is 0 Å². The van der Waals surface area contributed by atoms with Gasteiger partial charge in [-0.05, 0) is 25.1 Å². The van der Waals surface area contributed by atoms with Gasteiger partial charge in [-0.25, -0.2) is 0 Å². The highest BCUT2D eigenvalue weighted by molar-refractivity contribution is 6.09. The van der Waals surface area contributed by atoms with E-state index in [9.17, 15) is 4.79 Å². The number of benzene rings is 2. The van der Waals surface area contributed by atoms with E-state index in [2.05, 4.69) is 11.1 Å². The van der Waals surface area contributed by atoms with Crippen LogP contribution >= 0.6 is 0 Å². The maximum absolute atomic E-state index is 12.5. The predicted molar refractivity (Wildman–Crippen MR) is 84.0 cm³/mol. The summed E-state index contributed by atoms with van der Waals surface area (Å²) < 4.78 is 5.53. The molecule has 0 aliphatic carbocycles. The number of ketones is 1. The number of para-hydroxylation sites is 2. The molecular formula is C18H14N2O2. The number of nitriles is 1. The first-order valence-electron chi connectivity index (χ1n) is 6.93. The summed E-state index contributed by atoms with van der Waals surface area (Å²) in [4.78, 5) is 15.7. The summed E-state index contributed by atoms with van der Waals surface area (Å²) >= 11 is 0. The molecule has 108 valence electrons. The fourth-order valence-electron chi connectivity index (χ4n) is 2.54. The Morgan fingerprint density at radius 2 is 1.91 bits per heavy atom. The Hall–Kier alpha value is -3.06. The number of Topliss-reactive ketones (excluding diaryl/α,β-unsaturated/α-hetero) is 1. The van der Waals surface area contributed by atoms with E-state index in [0.717, 1.165) is 16.6 Å². The van der Waals surface area contributed by atoms with Crippen molar-refractivity contribution in [3.63, 3.8) is 0 Å². The monoisotopic (exact) mass is 290 g/mol. The Bertz CT molecular complexity index is 887. The van der Waals surface area contributed by atoms with Crippen LogP contribution in [0, 0.1) is 18.3 Å². The summed E-state index contributed by atoms with van der Waals surface area (Å²) in [5.41, 5.74) is 2.82. The van der Waals surface area contributed by atoms with Crippen molar-refractivity contribution in [3.8, 4) is 11.8 Å². The molecule has 1 heterocycles. The minimum absolute atomic E-state index is 0.0959. The van der Waals surface area contributed by atoms with Gasteiger partial charge in [0.2, 0.25) is 5.78 Å². The normalized spacial score (nSPS) is 10.4. The number of aromatic amines is 1. The number of aromatic nitrogens is 1. The van der Waals surface area contributed by atoms with Crippen molar-refractivity contribution >= 4 is 16.7 Å². The van der Waals surface area contributed by atoms with Crippen molar-refractivity contribution < 1.29 is 9.53 Å². The number of nitrogens with one attached hydrogen (secondary N) is 1. The zero-order valence-electron chi connectivity index (χ0n) is 12.1. The Balaban J connectivity index is 1.85. The van der Waals surface area contributed by atoms with Gasteiger partial charge in [-0.1, -0.05) is 30.3 Å². The first kappa shape index (κ1) is 13.9. The van der Waals surface area contributed by atoms with Crippen LogP contribution in [0.5, 0.6) is 5.75 Å². The van der Waals surface area contributed by atoms with E-state index in [1.807, 2.05) is 31.2 Å². The Kier molecular flexibility index (Phi) is 3.63. The highest BCUT2D eigenvalue weighted by Gasteiger charge is 2.16. The Morgan fingerprint density at radius 3 is 2.73 bits per heavy atom. The van der Waals surface area contributed by atoms with E-state index >= 15 is 0 Å². The topological polar surface area (TPSA) is 65.9 Å². The molecule has 1 N–H and O–H groups in total. The highest BCUT2D eigenvalue weighted by atomic mass is 16.5. The van der Waals surface area contributed by atoms with Gasteiger partial charge in [0.05, 0.1) is 5.56 Å². The third kappa shape index (κ3) is 2.45. The second-order valence-corrected chi connectivity index (χ2v) is 4.99. The minimum Gasteiger partial charge on any atom is -0.484 e. The summed E-state index contributed by atoms with van der Waals surface area (Å²) in [5.74, 6) is 0.318. The molecule has 0 saturated carbocycles. The molecular weight excluding hydrogens is 276 g/mol. The van der Waals surface area contributed by atoms with Crippen LogP contribution in [0.25, 0.3) is 10.9 Å². The van der Waals surface area contributed by atoms with Crippen LogP contribution in [0.15, 0.2) is 48.5 Å². The molecule has 4 nitrogen and oxygen atoms in total. The van der Waals surface area contributed by atoms with Crippen molar-refractivity contribution in [2.75, 3.05) is 6.61 Å². The highest BCUT2D eigenvalue weighted by Crippen LogP contribution is 2.23. The maximum atomic E-state index is 12.5. The number of nitrogens with zero attached hydrogens (tertiary/aromatic N) is 1. The molecule has 1 aromatic heterocycles. The zero-order chi connectivity index (χ0) is 15.5. The summed E-state index contributed by atoms with van der Waals surface area (Å²) in [7, 11) is 0. The molecule has 0 unspecified atom stereocenters. The van der Waals surface area contributed by atoms with Gasteiger partial charge in [-0.2, -0.15) is 5.26 Å². The molecule has 0 radical (unpaired) electrons. The van der Waals surface area contributed by atoms with Gasteiger partial charge in [0.25, 0.3) is 0 Å². The lowest BCUT2D eigenvalue weighted by molar-refractivity contribution is 0.0922. The van der Waals surface area contributed by atoms with Crippen LogP contribution in [0.2, 0.25) is 0 Å². The molecule has 3 rings (SSSR count). The number of rotatable bonds is 4. The van der Waals surface area contributed by atoms with Gasteiger partial charge in [-0.3, -0.25) is 4.79 Å². The minimum atomic E-state index is -0.109. The summed E-state index contributed by atoms with van der Waals surface area (Å²) in [6, 6.07) is 16.6. The SMILES string of the molecule is Cc1[nH]c2ccccc2c1C(=O)COc1ccccc1C#N. The van der Waals surface area contributed by atoms with Crippen molar-refractivity contribution in [1.82, 2.24) is 4.98 Å². The molecule has 2 aromatic carbocycles. The van der Waals surface area contributed by atoms with Gasteiger partial charge in [0, 0.05) is 22.2 Å². The molecule has 4 heteroatoms. The van der Waals surface area contributed by atoms with E-state index in [1.54, 1.807) is 24.3 Å². The number of fused-ring (bicyclic) bond motifs is 1. The van der Waals surface area contributed by atoms with Crippen LogP contribution in [-0.2, 0) is 0 Å². The van der Waals surface area contributed by atoms with Crippen molar-refractivity contribution in [2.24, 2.45) is 0 Å². The molecule has 0 saturated heterocycles. The van der Waals surface area contributed by atoms with Crippen molar-refractivity contribution in [2.45, 2.75) is 6.92 Å². The lowest BCUT2D eigenvalue weighted by Gasteiger charge is -2.07. The lowest BCUT2D eigenvalue weighted by atomic mass is 10.1. The third-order valence-corrected chi connectivity index (χ3v) is 3.54. The summed E-state index contributed by atoms with van der Waals surface area (Å²) in [6.45, 7) is 1.78. The van der Waals surface area contributed by atoms with E-state index in [0.29, 0.717) is 16.9 Å². The fraction of sp³-hybridized carbons (Fsp3) is 0.111. The number of hydrogen-bond donors (Lipinski definition) is 1. The van der Waals surface area contributed by atoms with Crippen LogP contribution < -0.4 is 4.74 Å². The smallest absolute Gasteiger partial charge is 0.202 e. The average molecular weight is 290 g/mol. The summed E-state index contributed by atoms with van der Waals surface area (Å²) in [5, 5.41) is 9.92. The van der Waals surface area contributed by atoms with Gasteiger partial charge < -0.3 is 9.72 Å². The quantitative estimate of drug-likeness (QED) is 0.746. The Labute approximate surface area is 128 Å². The van der Waals surface area contributed by atoms with E-state index < -0.39 is 0 Å². The van der Waals surface area contributed by atoms with Gasteiger partial charge in [0.15, 0.2) is 6.61 Å². The van der Waals surface area contributed by atoms with Gasteiger partial charge in [0.1, 0.15) is 11.8 Å². The average Bonchev–Trinajstić information content (AvgIpc) is 2.88. The summed E-state index contributed by atoms with van der Waals surface area (Å²) in [6.07, 6.45) is 0. The number of aryl methyl sites for hydroxylation is 1. The second-order valence-electron chi connectivity index (χ2n) is 4.99. The zero-order valence-corrected chi connectivity index (χ0v) is 12.1. The van der Waals surface area contributed by atoms with Crippen molar-refractivity contribution in [1.29, 1.82) is 5.26 Å². The second kappa shape index (κ2) is 5.74. The standard InChI is InChI=1S/C18H14N2O2/c1-12-18(14-7-3-4-8-15(14)20-12)16(21)11-22-17-9-5-2-6-13(17)10-19/h2-9,20H,11H2,1H3. The largest absolute Gasteiger partial charge is 0.484 e. The van der Waals surface area contributed by atoms with E-state index in [-0.39, 0.29) is 12.4 Å². The number of ether oxygens (including phenoxy) is 1. The first-order valence-corrected chi connectivity index (χ1v) is 6.93. The molecule has 0 bridgehead atoms. The van der Waals surface area contributed by atoms with Crippen LogP contribution in [-0.4, -0.2) is 17.4 Å². The molecule has 3 aromatic rings. The van der Waals surface area contributed by atoms with Crippen molar-refractivity contribution in [3.05, 3.63) is 65.4 Å². The van der Waals surface area contributed by atoms with E-state index in [1.165, 1.54) is 0 Å². The number of hydrogen-bond acceptors (Lipinski definition) is 3. The molecule has 22 heavy (non-hydrogen) atoms. The van der Waals surface area contributed by atoms with E-state index in [4.69, 9.17) is 10.00 Å². The molecule has 0 amide bonds. The molecule has 0 aliphatic rings. The molecule has 0 fully saturated rings. The number of carbonyl (C=O) groups is 1. The fourth-order valence-corrected chi connectivity index (χ4v) is 2.54. The molecule has 0 atom stereocenters. The predicted octanol–water partition coefficient (Wildman–Crippen LogP) is 3.61. The Morgan fingerprint density at radius 1 is 1.18 bits per heavy atom. The van der Waals surface area contributed by atoms with Gasteiger partial charge >= 0.3 is 0 Å². The molecule has 0 spiro atoms. The number of carbonyl (C=O) groups excluding carboxylic acids is 1. The molecule has 0 aliphatic heterocycles. The maximum Gasteiger partial charge on any atom is 0.202 e. The lowest BCUT2D eigenvalue weighted by Crippen LogP contribution is -2.12. The number of H-pyrrole nitrogens is 1. The van der Waals surface area contributed by atoms with Crippen LogP contribution in [0.1, 0.15) is 21.6 Å². The van der Waals surface area contributed by atoms with Crippen LogP contribution in [0.3, 0.4) is 0 Å². The third-order valence-electron chi connectivity index (χ3n) is 3.54. The van der Waals surface area contributed by atoms with Gasteiger partial charge in [-0.15, -0.1) is 0 Å². The first-order chi connectivity index (χ1) is 10.7.